The molecule has 0 aliphatic rings. The molecular weight excluding hydrogens is 328 g/mol. The number of anilines is 1. The summed E-state index contributed by atoms with van der Waals surface area (Å²) in [6.07, 6.45) is 5.89. The lowest BCUT2D eigenvalue weighted by molar-refractivity contribution is -0.385. The third-order valence-electron chi connectivity index (χ3n) is 3.77. The smallest absolute Gasteiger partial charge is 0.318 e. The predicted molar refractivity (Wildman–Crippen MR) is 87.2 cm³/mol. The van der Waals surface area contributed by atoms with Gasteiger partial charge in [0.15, 0.2) is 0 Å². The van der Waals surface area contributed by atoms with E-state index < -0.39 is 10.8 Å². The highest BCUT2D eigenvalue weighted by Gasteiger charge is 2.23. The Labute approximate surface area is 141 Å². The molecule has 0 unspecified atom stereocenters. The largest absolute Gasteiger partial charge is 0.319 e. The van der Waals surface area contributed by atoms with Crippen LogP contribution in [-0.4, -0.2) is 40.6 Å². The van der Waals surface area contributed by atoms with E-state index in [9.17, 15) is 14.9 Å². The summed E-state index contributed by atoms with van der Waals surface area (Å²) < 4.78 is 3.54. The molecule has 25 heavy (non-hydrogen) atoms. The number of hydrogen-bond donors (Lipinski definition) is 2. The molecule has 130 valence electrons. The highest BCUT2D eigenvalue weighted by molar-refractivity contribution is 6.05. The molecule has 11 nitrogen and oxygen atoms in total. The zero-order valence-electron chi connectivity index (χ0n) is 13.6. The number of nitrogens with zero attached hydrogens (tertiary/aromatic N) is 6. The van der Waals surface area contributed by atoms with E-state index in [2.05, 4.69) is 25.7 Å². The first kappa shape index (κ1) is 16.4. The Hall–Kier alpha value is -3.50. The van der Waals surface area contributed by atoms with E-state index in [1.165, 1.54) is 6.20 Å². The van der Waals surface area contributed by atoms with Crippen LogP contribution in [0.25, 0.3) is 0 Å². The van der Waals surface area contributed by atoms with E-state index in [0.717, 1.165) is 24.0 Å². The van der Waals surface area contributed by atoms with Crippen molar-refractivity contribution in [2.24, 2.45) is 0 Å². The fourth-order valence-corrected chi connectivity index (χ4v) is 2.43. The van der Waals surface area contributed by atoms with Crippen molar-refractivity contribution in [1.29, 1.82) is 0 Å². The van der Waals surface area contributed by atoms with E-state index in [1.54, 1.807) is 17.1 Å². The van der Waals surface area contributed by atoms with Gasteiger partial charge in [-0.1, -0.05) is 0 Å². The summed E-state index contributed by atoms with van der Waals surface area (Å²) in [5.74, 6) is -0.654. The van der Waals surface area contributed by atoms with Crippen LogP contribution < -0.4 is 5.32 Å². The lowest BCUT2D eigenvalue weighted by Gasteiger charge is -2.03. The van der Waals surface area contributed by atoms with Crippen molar-refractivity contribution in [2.75, 3.05) is 5.32 Å². The van der Waals surface area contributed by atoms with Gasteiger partial charge in [-0.2, -0.15) is 15.3 Å². The molecule has 3 heterocycles. The van der Waals surface area contributed by atoms with E-state index in [1.807, 2.05) is 18.5 Å². The van der Waals surface area contributed by atoms with Crippen molar-refractivity contribution in [3.63, 3.8) is 0 Å². The Balaban J connectivity index is 1.71. The number of hydrogen-bond acceptors (Lipinski definition) is 6. The quantitative estimate of drug-likeness (QED) is 0.511. The Morgan fingerprint density at radius 3 is 2.84 bits per heavy atom. The summed E-state index contributed by atoms with van der Waals surface area (Å²) in [6.45, 7) is 5.29. The van der Waals surface area contributed by atoms with Crippen LogP contribution in [0.2, 0.25) is 0 Å². The van der Waals surface area contributed by atoms with Crippen molar-refractivity contribution in [3.8, 4) is 0 Å². The Morgan fingerprint density at radius 2 is 2.16 bits per heavy atom. The third kappa shape index (κ3) is 3.24. The van der Waals surface area contributed by atoms with Gasteiger partial charge in [-0.25, -0.2) is 0 Å². The van der Waals surface area contributed by atoms with Gasteiger partial charge in [0.1, 0.15) is 6.20 Å². The standard InChI is InChI=1S/C14H16N8O3/c1-3-21-9(2)10(4-17-21)7-20-8-11(5-16-20)18-14(23)13-12(22(24)25)6-15-19-13/h4-6,8H,3,7H2,1-2H3,(H,15,19)(H,18,23). The van der Waals surface area contributed by atoms with Gasteiger partial charge >= 0.3 is 5.69 Å². The van der Waals surface area contributed by atoms with Gasteiger partial charge in [0.25, 0.3) is 5.91 Å². The Kier molecular flexibility index (Phi) is 4.29. The van der Waals surface area contributed by atoms with Gasteiger partial charge in [0.05, 0.1) is 29.5 Å². The number of rotatable bonds is 6. The first-order valence-electron chi connectivity index (χ1n) is 7.52. The fourth-order valence-electron chi connectivity index (χ4n) is 2.43. The lowest BCUT2D eigenvalue weighted by atomic mass is 10.2. The average Bonchev–Trinajstić information content (AvgIpc) is 3.29. The van der Waals surface area contributed by atoms with Crippen LogP contribution in [0.5, 0.6) is 0 Å². The Morgan fingerprint density at radius 1 is 1.36 bits per heavy atom. The zero-order valence-corrected chi connectivity index (χ0v) is 13.6. The molecule has 0 saturated heterocycles. The molecule has 0 bridgehead atoms. The molecule has 2 N–H and O–H groups in total. The van der Waals surface area contributed by atoms with Crippen LogP contribution in [0.1, 0.15) is 28.7 Å². The van der Waals surface area contributed by atoms with Gasteiger partial charge in [-0.3, -0.25) is 29.4 Å². The molecular formula is C14H16N8O3. The number of amides is 1. The van der Waals surface area contributed by atoms with E-state index in [0.29, 0.717) is 12.2 Å². The first-order valence-corrected chi connectivity index (χ1v) is 7.52. The highest BCUT2D eigenvalue weighted by atomic mass is 16.6. The fraction of sp³-hybridized carbons (Fsp3) is 0.286. The van der Waals surface area contributed by atoms with Crippen molar-refractivity contribution in [1.82, 2.24) is 29.8 Å². The summed E-state index contributed by atoms with van der Waals surface area (Å²) in [5, 5.41) is 27.7. The molecule has 0 aromatic carbocycles. The van der Waals surface area contributed by atoms with Crippen LogP contribution in [-0.2, 0) is 13.1 Å². The maximum absolute atomic E-state index is 12.1. The van der Waals surface area contributed by atoms with Crippen LogP contribution in [0.3, 0.4) is 0 Å². The molecule has 3 aromatic heterocycles. The molecule has 1 amide bonds. The minimum absolute atomic E-state index is 0.210. The second-order valence-electron chi connectivity index (χ2n) is 5.34. The third-order valence-corrected chi connectivity index (χ3v) is 3.77. The molecule has 0 spiro atoms. The van der Waals surface area contributed by atoms with Gasteiger partial charge in [0, 0.05) is 24.0 Å². The van der Waals surface area contributed by atoms with E-state index in [-0.39, 0.29) is 11.4 Å². The van der Waals surface area contributed by atoms with Crippen LogP contribution in [0.15, 0.2) is 24.8 Å². The minimum Gasteiger partial charge on any atom is -0.318 e. The molecule has 0 fully saturated rings. The number of aryl methyl sites for hydroxylation is 1. The van der Waals surface area contributed by atoms with Gasteiger partial charge in [0.2, 0.25) is 5.69 Å². The first-order chi connectivity index (χ1) is 12.0. The van der Waals surface area contributed by atoms with Gasteiger partial charge in [-0.15, -0.1) is 0 Å². The van der Waals surface area contributed by atoms with Crippen molar-refractivity contribution in [3.05, 3.63) is 51.9 Å². The normalized spacial score (nSPS) is 10.8. The Bertz CT molecular complexity index is 922. The maximum Gasteiger partial charge on any atom is 0.319 e. The topological polar surface area (TPSA) is 137 Å². The van der Waals surface area contributed by atoms with Crippen molar-refractivity contribution < 1.29 is 9.72 Å². The second-order valence-corrected chi connectivity index (χ2v) is 5.34. The zero-order chi connectivity index (χ0) is 18.0. The summed E-state index contributed by atoms with van der Waals surface area (Å²) >= 11 is 0. The van der Waals surface area contributed by atoms with Gasteiger partial charge in [-0.05, 0) is 13.8 Å². The number of carbonyl (C=O) groups excluding carboxylic acids is 1. The maximum atomic E-state index is 12.1. The van der Waals surface area contributed by atoms with Crippen molar-refractivity contribution >= 4 is 17.3 Å². The lowest BCUT2D eigenvalue weighted by Crippen LogP contribution is -2.13. The number of aromatic amines is 1. The number of H-pyrrole nitrogens is 1. The summed E-state index contributed by atoms with van der Waals surface area (Å²) in [4.78, 5) is 22.3. The molecule has 11 heteroatoms. The molecule has 0 radical (unpaired) electrons. The van der Waals surface area contributed by atoms with Gasteiger partial charge < -0.3 is 5.32 Å². The second kappa shape index (κ2) is 6.55. The molecule has 0 saturated carbocycles. The average molecular weight is 344 g/mol. The van der Waals surface area contributed by atoms with E-state index in [4.69, 9.17) is 0 Å². The summed E-state index contributed by atoms with van der Waals surface area (Å²) in [6, 6.07) is 0. The van der Waals surface area contributed by atoms with Crippen molar-refractivity contribution in [2.45, 2.75) is 26.9 Å². The van der Waals surface area contributed by atoms with Crippen LogP contribution in [0, 0.1) is 17.0 Å². The number of nitrogens with one attached hydrogen (secondary N) is 2. The molecule has 0 aliphatic heterocycles. The number of carbonyl (C=O) groups is 1. The van der Waals surface area contributed by atoms with Crippen LogP contribution >= 0.6 is 0 Å². The minimum atomic E-state index is -0.671. The summed E-state index contributed by atoms with van der Waals surface area (Å²) in [5.41, 5.74) is 1.91. The SMILES string of the molecule is CCn1ncc(Cn2cc(NC(=O)c3[nH]ncc3[N+](=O)[O-])cn2)c1C. The van der Waals surface area contributed by atoms with E-state index >= 15 is 0 Å². The molecule has 0 atom stereocenters. The predicted octanol–water partition coefficient (Wildman–Crippen LogP) is 1.34. The monoisotopic (exact) mass is 344 g/mol. The number of aromatic nitrogens is 6. The number of nitro groups is 1. The molecule has 3 aromatic rings. The molecule has 3 rings (SSSR count). The highest BCUT2D eigenvalue weighted by Crippen LogP contribution is 2.17. The molecule has 0 aliphatic carbocycles. The van der Waals surface area contributed by atoms with Crippen LogP contribution in [0.4, 0.5) is 11.4 Å². The summed E-state index contributed by atoms with van der Waals surface area (Å²) in [7, 11) is 0.